The fourth-order valence-electron chi connectivity index (χ4n) is 1.86. The molecule has 6 nitrogen and oxygen atoms in total. The minimum atomic E-state index is -0.109. The van der Waals surface area contributed by atoms with E-state index in [0.29, 0.717) is 12.6 Å². The zero-order chi connectivity index (χ0) is 14.0. The lowest BCUT2D eigenvalue weighted by molar-refractivity contribution is 0.537. The van der Waals surface area contributed by atoms with Gasteiger partial charge in [0.15, 0.2) is 0 Å². The van der Waals surface area contributed by atoms with Crippen molar-refractivity contribution in [2.75, 3.05) is 19.0 Å². The van der Waals surface area contributed by atoms with Crippen molar-refractivity contribution in [2.24, 2.45) is 0 Å². The third-order valence-electron chi connectivity index (χ3n) is 2.99. The van der Waals surface area contributed by atoms with Crippen LogP contribution in [0.3, 0.4) is 0 Å². The van der Waals surface area contributed by atoms with Crippen LogP contribution in [0.15, 0.2) is 29.6 Å². The summed E-state index contributed by atoms with van der Waals surface area (Å²) in [6.45, 7) is 4.60. The zero-order valence-corrected chi connectivity index (χ0v) is 11.7. The van der Waals surface area contributed by atoms with Crippen LogP contribution in [0.5, 0.6) is 0 Å². The van der Waals surface area contributed by atoms with E-state index in [-0.39, 0.29) is 5.56 Å². The molecular formula is C13H19N5O. The SMILES string of the molecule is CC(C)n1cncc1Cn1ncc(N(C)C)cc1=O. The highest BCUT2D eigenvalue weighted by molar-refractivity contribution is 5.40. The van der Waals surface area contributed by atoms with Gasteiger partial charge in [-0.2, -0.15) is 5.10 Å². The van der Waals surface area contributed by atoms with Crippen LogP contribution in [-0.2, 0) is 6.54 Å². The van der Waals surface area contributed by atoms with Crippen LogP contribution in [0.2, 0.25) is 0 Å². The van der Waals surface area contributed by atoms with Gasteiger partial charge in [0, 0.05) is 26.2 Å². The summed E-state index contributed by atoms with van der Waals surface area (Å²) in [5.74, 6) is 0. The number of rotatable bonds is 4. The summed E-state index contributed by atoms with van der Waals surface area (Å²) in [7, 11) is 3.77. The third kappa shape index (κ3) is 2.83. The monoisotopic (exact) mass is 261 g/mol. The number of nitrogens with zero attached hydrogens (tertiary/aromatic N) is 5. The van der Waals surface area contributed by atoms with Crippen LogP contribution in [0.4, 0.5) is 5.69 Å². The van der Waals surface area contributed by atoms with Crippen molar-refractivity contribution in [2.45, 2.75) is 26.4 Å². The Hall–Kier alpha value is -2.11. The summed E-state index contributed by atoms with van der Waals surface area (Å²) in [6, 6.07) is 1.90. The van der Waals surface area contributed by atoms with Crippen molar-refractivity contribution in [3.8, 4) is 0 Å². The van der Waals surface area contributed by atoms with Crippen molar-refractivity contribution in [3.05, 3.63) is 40.8 Å². The van der Waals surface area contributed by atoms with Gasteiger partial charge in [-0.3, -0.25) is 4.79 Å². The van der Waals surface area contributed by atoms with E-state index in [1.807, 2.05) is 23.6 Å². The Labute approximate surface area is 112 Å². The second-order valence-corrected chi connectivity index (χ2v) is 4.99. The summed E-state index contributed by atoms with van der Waals surface area (Å²) in [5.41, 5.74) is 1.67. The van der Waals surface area contributed by atoms with Crippen LogP contribution in [0.1, 0.15) is 25.6 Å². The van der Waals surface area contributed by atoms with Gasteiger partial charge in [0.05, 0.1) is 36.6 Å². The lowest BCUT2D eigenvalue weighted by Gasteiger charge is -2.14. The van der Waals surface area contributed by atoms with Crippen molar-refractivity contribution in [1.29, 1.82) is 0 Å². The highest BCUT2D eigenvalue weighted by atomic mass is 16.1. The quantitative estimate of drug-likeness (QED) is 0.828. The topological polar surface area (TPSA) is 56.0 Å². The predicted molar refractivity (Wildman–Crippen MR) is 74.5 cm³/mol. The van der Waals surface area contributed by atoms with E-state index in [9.17, 15) is 4.79 Å². The number of hydrogen-bond donors (Lipinski definition) is 0. The lowest BCUT2D eigenvalue weighted by Crippen LogP contribution is -2.25. The molecule has 0 atom stereocenters. The normalized spacial score (nSPS) is 11.0. The van der Waals surface area contributed by atoms with Gasteiger partial charge in [-0.05, 0) is 13.8 Å². The highest BCUT2D eigenvalue weighted by Gasteiger charge is 2.08. The molecule has 0 aromatic carbocycles. The number of imidazole rings is 1. The molecule has 0 radical (unpaired) electrons. The summed E-state index contributed by atoms with van der Waals surface area (Å²) in [5, 5.41) is 4.20. The van der Waals surface area contributed by atoms with Crippen LogP contribution >= 0.6 is 0 Å². The predicted octanol–water partition coefficient (Wildman–Crippen LogP) is 1.14. The molecule has 0 aliphatic rings. The minimum Gasteiger partial charge on any atom is -0.376 e. The van der Waals surface area contributed by atoms with Crippen molar-refractivity contribution < 1.29 is 0 Å². The average Bonchev–Trinajstić information content (AvgIpc) is 2.79. The maximum atomic E-state index is 12.0. The first-order chi connectivity index (χ1) is 8.99. The van der Waals surface area contributed by atoms with E-state index < -0.39 is 0 Å². The summed E-state index contributed by atoms with van der Waals surface area (Å²) in [4.78, 5) is 18.0. The summed E-state index contributed by atoms with van der Waals surface area (Å²) >= 11 is 0. The van der Waals surface area contributed by atoms with Gasteiger partial charge < -0.3 is 9.47 Å². The number of aromatic nitrogens is 4. The first-order valence-corrected chi connectivity index (χ1v) is 6.24. The van der Waals surface area contributed by atoms with Gasteiger partial charge >= 0.3 is 0 Å². The molecule has 2 aromatic rings. The first-order valence-electron chi connectivity index (χ1n) is 6.24. The molecule has 0 amide bonds. The molecule has 0 N–H and O–H groups in total. The van der Waals surface area contributed by atoms with Gasteiger partial charge in [0.2, 0.25) is 0 Å². The van der Waals surface area contributed by atoms with Gasteiger partial charge in [-0.1, -0.05) is 0 Å². The van der Waals surface area contributed by atoms with Crippen molar-refractivity contribution in [3.63, 3.8) is 0 Å². The molecule has 0 fully saturated rings. The first kappa shape index (κ1) is 13.3. The molecule has 0 aliphatic heterocycles. The van der Waals surface area contributed by atoms with Gasteiger partial charge in [0.1, 0.15) is 0 Å². The molecule has 2 aromatic heterocycles. The molecule has 2 heterocycles. The van der Waals surface area contributed by atoms with Gasteiger partial charge in [0.25, 0.3) is 5.56 Å². The van der Waals surface area contributed by atoms with E-state index >= 15 is 0 Å². The van der Waals surface area contributed by atoms with Crippen LogP contribution in [-0.4, -0.2) is 33.4 Å². The van der Waals surface area contributed by atoms with E-state index in [4.69, 9.17) is 0 Å². The Morgan fingerprint density at radius 2 is 2.05 bits per heavy atom. The lowest BCUT2D eigenvalue weighted by atomic mass is 10.3. The standard InChI is InChI=1S/C13H19N5O/c1-10(2)17-9-14-6-12(17)8-18-13(19)5-11(7-15-18)16(3)4/h5-7,9-10H,8H2,1-4H3. The molecular weight excluding hydrogens is 242 g/mol. The fraction of sp³-hybridized carbons (Fsp3) is 0.462. The molecule has 2 rings (SSSR count). The Bertz CT molecular complexity index is 611. The molecule has 102 valence electrons. The summed E-state index contributed by atoms with van der Waals surface area (Å²) in [6.07, 6.45) is 5.24. The highest BCUT2D eigenvalue weighted by Crippen LogP contribution is 2.10. The smallest absolute Gasteiger partial charge is 0.269 e. The maximum Gasteiger partial charge on any atom is 0.269 e. The Morgan fingerprint density at radius 1 is 1.32 bits per heavy atom. The largest absolute Gasteiger partial charge is 0.376 e. The molecule has 6 heteroatoms. The van der Waals surface area contributed by atoms with Gasteiger partial charge in [-0.25, -0.2) is 9.67 Å². The molecule has 0 aliphatic carbocycles. The van der Waals surface area contributed by atoms with Gasteiger partial charge in [-0.15, -0.1) is 0 Å². The zero-order valence-electron chi connectivity index (χ0n) is 11.7. The molecule has 0 saturated heterocycles. The Morgan fingerprint density at radius 3 is 2.63 bits per heavy atom. The van der Waals surface area contributed by atoms with E-state index in [1.165, 1.54) is 4.68 Å². The molecule has 0 bridgehead atoms. The van der Waals surface area contributed by atoms with Crippen molar-refractivity contribution >= 4 is 5.69 Å². The molecule has 19 heavy (non-hydrogen) atoms. The van der Waals surface area contributed by atoms with Crippen LogP contribution in [0.25, 0.3) is 0 Å². The van der Waals surface area contributed by atoms with E-state index in [1.54, 1.807) is 24.8 Å². The molecule has 0 unspecified atom stereocenters. The fourth-order valence-corrected chi connectivity index (χ4v) is 1.86. The van der Waals surface area contributed by atoms with E-state index in [0.717, 1.165) is 11.4 Å². The number of hydrogen-bond acceptors (Lipinski definition) is 4. The minimum absolute atomic E-state index is 0.109. The van der Waals surface area contributed by atoms with Crippen molar-refractivity contribution in [1.82, 2.24) is 19.3 Å². The Kier molecular flexibility index (Phi) is 3.69. The Balaban J connectivity index is 2.29. The average molecular weight is 261 g/mol. The third-order valence-corrected chi connectivity index (χ3v) is 2.99. The second-order valence-electron chi connectivity index (χ2n) is 4.99. The second kappa shape index (κ2) is 5.26. The summed E-state index contributed by atoms with van der Waals surface area (Å²) < 4.78 is 3.48. The molecule has 0 saturated carbocycles. The van der Waals surface area contributed by atoms with E-state index in [2.05, 4.69) is 23.9 Å². The van der Waals surface area contributed by atoms with Crippen LogP contribution < -0.4 is 10.5 Å². The number of anilines is 1. The molecule has 0 spiro atoms. The maximum absolute atomic E-state index is 12.0. The van der Waals surface area contributed by atoms with Crippen LogP contribution in [0, 0.1) is 0 Å².